The molecular weight excluding hydrogens is 374 g/mol. The molecule has 4 rings (SSSR count). The highest BCUT2D eigenvalue weighted by molar-refractivity contribution is 7.89. The minimum atomic E-state index is -3.50. The maximum absolute atomic E-state index is 13.0. The van der Waals surface area contributed by atoms with Gasteiger partial charge in [-0.1, -0.05) is 36.4 Å². The molecule has 0 aliphatic carbocycles. The number of amides is 1. The Morgan fingerprint density at radius 3 is 2.25 bits per heavy atom. The molecule has 0 spiro atoms. The van der Waals surface area contributed by atoms with Gasteiger partial charge in [0, 0.05) is 38.4 Å². The van der Waals surface area contributed by atoms with E-state index in [1.54, 1.807) is 35.2 Å². The van der Waals surface area contributed by atoms with E-state index in [1.807, 2.05) is 19.1 Å². The molecule has 0 unspecified atom stereocenters. The Balaban J connectivity index is 1.41. The van der Waals surface area contributed by atoms with E-state index in [2.05, 4.69) is 17.0 Å². The summed E-state index contributed by atoms with van der Waals surface area (Å²) >= 11 is 0. The van der Waals surface area contributed by atoms with Crippen LogP contribution in [-0.4, -0.2) is 62.3 Å². The lowest BCUT2D eigenvalue weighted by atomic mass is 10.1. The Morgan fingerprint density at radius 2 is 1.54 bits per heavy atom. The lowest BCUT2D eigenvalue weighted by Gasteiger charge is -2.37. The topological polar surface area (TPSA) is 60.9 Å². The number of carbonyl (C=O) groups is 1. The first-order chi connectivity index (χ1) is 13.5. The fourth-order valence-electron chi connectivity index (χ4n) is 4.05. The third kappa shape index (κ3) is 3.40. The molecule has 28 heavy (non-hydrogen) atoms. The number of anilines is 1. The minimum absolute atomic E-state index is 0.0634. The molecule has 1 atom stereocenters. The summed E-state index contributed by atoms with van der Waals surface area (Å²) in [6.45, 7) is 4.28. The van der Waals surface area contributed by atoms with Crippen LogP contribution in [0.3, 0.4) is 0 Å². The van der Waals surface area contributed by atoms with Gasteiger partial charge < -0.3 is 9.80 Å². The normalized spacial score (nSPS) is 18.8. The van der Waals surface area contributed by atoms with Crippen molar-refractivity contribution >= 4 is 21.6 Å². The molecule has 1 fully saturated rings. The molecule has 0 N–H and O–H groups in total. The maximum Gasteiger partial charge on any atom is 0.245 e. The predicted octanol–water partition coefficient (Wildman–Crippen LogP) is 1.97. The van der Waals surface area contributed by atoms with Gasteiger partial charge in [-0.25, -0.2) is 8.42 Å². The Labute approximate surface area is 166 Å². The highest BCUT2D eigenvalue weighted by Crippen LogP contribution is 2.30. The summed E-state index contributed by atoms with van der Waals surface area (Å²) in [6, 6.07) is 16.4. The number of fused-ring (bicyclic) bond motifs is 1. The van der Waals surface area contributed by atoms with Crippen LogP contribution < -0.4 is 4.90 Å². The first kappa shape index (κ1) is 19.0. The van der Waals surface area contributed by atoms with E-state index in [0.717, 1.165) is 18.7 Å². The van der Waals surface area contributed by atoms with Crippen LogP contribution in [0.25, 0.3) is 0 Å². The molecule has 2 aromatic carbocycles. The number of nitrogens with zero attached hydrogens (tertiary/aromatic N) is 3. The van der Waals surface area contributed by atoms with Crippen molar-refractivity contribution in [3.05, 3.63) is 60.2 Å². The average molecular weight is 400 g/mol. The summed E-state index contributed by atoms with van der Waals surface area (Å²) in [5.41, 5.74) is 2.41. The van der Waals surface area contributed by atoms with E-state index in [4.69, 9.17) is 0 Å². The van der Waals surface area contributed by atoms with E-state index >= 15 is 0 Å². The second-order valence-corrected chi connectivity index (χ2v) is 9.23. The lowest BCUT2D eigenvalue weighted by Crippen LogP contribution is -2.55. The maximum atomic E-state index is 13.0. The number of piperazine rings is 1. The number of para-hydroxylation sites is 1. The van der Waals surface area contributed by atoms with Crippen LogP contribution in [-0.2, 0) is 21.2 Å². The van der Waals surface area contributed by atoms with Crippen molar-refractivity contribution < 1.29 is 13.2 Å². The van der Waals surface area contributed by atoms with Crippen LogP contribution in [0, 0.1) is 0 Å². The van der Waals surface area contributed by atoms with Gasteiger partial charge in [0.05, 0.1) is 4.90 Å². The Hall–Kier alpha value is -2.38. The van der Waals surface area contributed by atoms with E-state index in [0.29, 0.717) is 31.1 Å². The van der Waals surface area contributed by atoms with Crippen LogP contribution in [0.2, 0.25) is 0 Å². The number of hydrogen-bond donors (Lipinski definition) is 0. The van der Waals surface area contributed by atoms with Crippen LogP contribution in [0.5, 0.6) is 0 Å². The summed E-state index contributed by atoms with van der Waals surface area (Å²) in [7, 11) is -3.50. The van der Waals surface area contributed by atoms with Crippen LogP contribution in [0.1, 0.15) is 12.5 Å². The van der Waals surface area contributed by atoms with Gasteiger partial charge in [0.2, 0.25) is 15.9 Å². The summed E-state index contributed by atoms with van der Waals surface area (Å²) in [6.07, 6.45) is 0.955. The molecule has 2 aliphatic heterocycles. The Bertz CT molecular complexity index is 954. The van der Waals surface area contributed by atoms with Crippen molar-refractivity contribution in [3.8, 4) is 0 Å². The van der Waals surface area contributed by atoms with Crippen molar-refractivity contribution in [1.29, 1.82) is 0 Å². The van der Waals surface area contributed by atoms with Crippen molar-refractivity contribution in [2.24, 2.45) is 0 Å². The van der Waals surface area contributed by atoms with E-state index in [9.17, 15) is 13.2 Å². The lowest BCUT2D eigenvalue weighted by molar-refractivity contribution is -0.133. The molecule has 7 heteroatoms. The first-order valence-electron chi connectivity index (χ1n) is 9.67. The van der Waals surface area contributed by atoms with Crippen LogP contribution in [0.4, 0.5) is 5.69 Å². The molecule has 0 aromatic heterocycles. The zero-order chi connectivity index (χ0) is 19.7. The molecular formula is C21H25N3O3S. The number of carbonyl (C=O) groups excluding carboxylic acids is 1. The Kier molecular flexibility index (Phi) is 5.12. The fraction of sp³-hybridized carbons (Fsp3) is 0.381. The summed E-state index contributed by atoms with van der Waals surface area (Å²) in [5.74, 6) is 0.0634. The molecule has 0 bridgehead atoms. The predicted molar refractivity (Wildman–Crippen MR) is 109 cm³/mol. The summed E-state index contributed by atoms with van der Waals surface area (Å²) < 4.78 is 27.0. The molecule has 2 heterocycles. The van der Waals surface area contributed by atoms with Crippen LogP contribution in [0.15, 0.2) is 59.5 Å². The van der Waals surface area contributed by atoms with Gasteiger partial charge in [-0.2, -0.15) is 4.31 Å². The monoisotopic (exact) mass is 399 g/mol. The number of sulfonamides is 1. The molecule has 0 radical (unpaired) electrons. The van der Waals surface area contributed by atoms with E-state index in [-0.39, 0.29) is 11.9 Å². The van der Waals surface area contributed by atoms with Crippen molar-refractivity contribution in [1.82, 2.24) is 9.21 Å². The smallest absolute Gasteiger partial charge is 0.245 e. The van der Waals surface area contributed by atoms with Crippen molar-refractivity contribution in [3.63, 3.8) is 0 Å². The van der Waals surface area contributed by atoms with Gasteiger partial charge >= 0.3 is 0 Å². The summed E-state index contributed by atoms with van der Waals surface area (Å²) in [5, 5.41) is 0. The molecule has 148 valence electrons. The zero-order valence-electron chi connectivity index (χ0n) is 16.0. The highest BCUT2D eigenvalue weighted by atomic mass is 32.2. The largest absolute Gasteiger partial charge is 0.359 e. The molecule has 6 nitrogen and oxygen atoms in total. The summed E-state index contributed by atoms with van der Waals surface area (Å²) in [4.78, 5) is 17.3. The Morgan fingerprint density at radius 1 is 0.893 bits per heavy atom. The molecule has 1 amide bonds. The quantitative estimate of drug-likeness (QED) is 0.789. The fourth-order valence-corrected chi connectivity index (χ4v) is 5.50. The van der Waals surface area contributed by atoms with Gasteiger partial charge in [-0.05, 0) is 37.1 Å². The van der Waals surface area contributed by atoms with Crippen molar-refractivity contribution in [2.75, 3.05) is 37.6 Å². The molecule has 2 aromatic rings. The zero-order valence-corrected chi connectivity index (χ0v) is 16.8. The van der Waals surface area contributed by atoms with Gasteiger partial charge in [0.15, 0.2) is 0 Å². The van der Waals surface area contributed by atoms with E-state index in [1.165, 1.54) is 9.87 Å². The molecule has 1 saturated heterocycles. The van der Waals surface area contributed by atoms with Gasteiger partial charge in [0.25, 0.3) is 0 Å². The van der Waals surface area contributed by atoms with Gasteiger partial charge in [0.1, 0.15) is 6.04 Å². The molecule has 0 saturated carbocycles. The first-order valence-corrected chi connectivity index (χ1v) is 11.1. The standard InChI is InChI=1S/C21H25N3O3S/c1-17(24-12-11-18-7-5-6-10-20(18)24)21(25)22-13-15-23(16-14-22)28(26,27)19-8-3-2-4-9-19/h2-10,17H,11-16H2,1H3/t17-/m1/s1. The number of hydrogen-bond acceptors (Lipinski definition) is 4. The van der Waals surface area contributed by atoms with Gasteiger partial charge in [-0.3, -0.25) is 4.79 Å². The highest BCUT2D eigenvalue weighted by Gasteiger charge is 2.34. The van der Waals surface area contributed by atoms with Crippen LogP contribution >= 0.6 is 0 Å². The van der Waals surface area contributed by atoms with E-state index < -0.39 is 10.0 Å². The SMILES string of the molecule is C[C@H](C(=O)N1CCN(S(=O)(=O)c2ccccc2)CC1)N1CCc2ccccc21. The number of benzene rings is 2. The third-order valence-corrected chi connectivity index (χ3v) is 7.59. The number of rotatable bonds is 4. The van der Waals surface area contributed by atoms with Gasteiger partial charge in [-0.15, -0.1) is 0 Å². The third-order valence-electron chi connectivity index (χ3n) is 5.68. The molecule has 2 aliphatic rings. The average Bonchev–Trinajstić information content (AvgIpc) is 3.17. The second kappa shape index (κ2) is 7.56. The minimum Gasteiger partial charge on any atom is -0.359 e. The van der Waals surface area contributed by atoms with Crippen molar-refractivity contribution in [2.45, 2.75) is 24.3 Å². The second-order valence-electron chi connectivity index (χ2n) is 7.29.